The van der Waals surface area contributed by atoms with E-state index in [2.05, 4.69) is 15.5 Å². The van der Waals surface area contributed by atoms with Crippen molar-refractivity contribution < 1.29 is 13.2 Å². The first-order valence-electron chi connectivity index (χ1n) is 7.74. The molecule has 1 aromatic carbocycles. The minimum Gasteiger partial charge on any atom is -0.334 e. The summed E-state index contributed by atoms with van der Waals surface area (Å²) >= 11 is 0. The molecule has 1 fully saturated rings. The van der Waals surface area contributed by atoms with E-state index < -0.39 is 9.84 Å². The number of carbonyl (C=O) groups excluding carboxylic acids is 1. The second-order valence-electron chi connectivity index (χ2n) is 5.99. The van der Waals surface area contributed by atoms with Crippen molar-refractivity contribution in [3.8, 4) is 11.3 Å². The first-order valence-corrected chi connectivity index (χ1v) is 9.56. The highest BCUT2D eigenvalue weighted by atomic mass is 32.2. The normalized spacial score (nSPS) is 19.1. The number of urea groups is 1. The highest BCUT2D eigenvalue weighted by molar-refractivity contribution is 7.91. The first-order chi connectivity index (χ1) is 11.4. The molecule has 3 rings (SSSR count). The van der Waals surface area contributed by atoms with Gasteiger partial charge in [-0.1, -0.05) is 24.3 Å². The van der Waals surface area contributed by atoms with Gasteiger partial charge in [0.2, 0.25) is 0 Å². The quantitative estimate of drug-likeness (QED) is 0.873. The molecule has 1 aromatic heterocycles. The number of amides is 2. The lowest BCUT2D eigenvalue weighted by atomic mass is 10.1. The molecular formula is C16H20N4O3S. The van der Waals surface area contributed by atoms with E-state index in [0.717, 1.165) is 16.8 Å². The van der Waals surface area contributed by atoms with Gasteiger partial charge >= 0.3 is 6.03 Å². The van der Waals surface area contributed by atoms with Gasteiger partial charge in [0.15, 0.2) is 9.84 Å². The van der Waals surface area contributed by atoms with Crippen molar-refractivity contribution in [2.75, 3.05) is 18.6 Å². The summed E-state index contributed by atoms with van der Waals surface area (Å²) in [5.74, 6) is 0.208. The standard InChI is InChI=1S/C16H20N4O3S/c1-20(14-7-9-24(22,23)11-14)16(21)17-10-12-2-4-13(5-3-12)15-6-8-18-19-15/h2-6,8,14H,7,9-11H2,1H3,(H,17,21)(H,18,19). The molecule has 2 amide bonds. The number of nitrogens with one attached hydrogen (secondary N) is 2. The zero-order valence-electron chi connectivity index (χ0n) is 13.4. The van der Waals surface area contributed by atoms with Gasteiger partial charge in [-0.05, 0) is 23.6 Å². The molecule has 1 saturated heterocycles. The summed E-state index contributed by atoms with van der Waals surface area (Å²) in [4.78, 5) is 13.7. The summed E-state index contributed by atoms with van der Waals surface area (Å²) < 4.78 is 23.0. The average Bonchev–Trinajstić information content (AvgIpc) is 3.22. The van der Waals surface area contributed by atoms with E-state index in [1.165, 1.54) is 4.90 Å². The Morgan fingerprint density at radius 1 is 1.33 bits per heavy atom. The zero-order chi connectivity index (χ0) is 17.2. The van der Waals surface area contributed by atoms with Crippen molar-refractivity contribution in [1.82, 2.24) is 20.4 Å². The van der Waals surface area contributed by atoms with E-state index in [4.69, 9.17) is 0 Å². The van der Waals surface area contributed by atoms with Crippen LogP contribution in [0.1, 0.15) is 12.0 Å². The van der Waals surface area contributed by atoms with Crippen LogP contribution < -0.4 is 5.32 Å². The molecule has 0 spiro atoms. The molecule has 0 aliphatic carbocycles. The van der Waals surface area contributed by atoms with Crippen LogP contribution in [-0.2, 0) is 16.4 Å². The number of aromatic amines is 1. The van der Waals surface area contributed by atoms with Gasteiger partial charge in [0.1, 0.15) is 0 Å². The molecule has 1 atom stereocenters. The summed E-state index contributed by atoms with van der Waals surface area (Å²) in [6, 6.07) is 9.20. The van der Waals surface area contributed by atoms with Gasteiger partial charge in [0.25, 0.3) is 0 Å². The van der Waals surface area contributed by atoms with Gasteiger partial charge in [-0.25, -0.2) is 13.2 Å². The van der Waals surface area contributed by atoms with Gasteiger partial charge in [0, 0.05) is 25.8 Å². The third-order valence-electron chi connectivity index (χ3n) is 4.29. The predicted octanol–water partition coefficient (Wildman–Crippen LogP) is 1.41. The van der Waals surface area contributed by atoms with Crippen molar-refractivity contribution in [3.05, 3.63) is 42.1 Å². The maximum atomic E-state index is 12.2. The molecule has 128 valence electrons. The highest BCUT2D eigenvalue weighted by Crippen LogP contribution is 2.18. The SMILES string of the molecule is CN(C(=O)NCc1ccc(-c2ccn[nH]2)cc1)C1CCS(=O)(=O)C1. The molecular weight excluding hydrogens is 328 g/mol. The number of aromatic nitrogens is 2. The molecule has 0 saturated carbocycles. The number of hydrogen-bond donors (Lipinski definition) is 2. The van der Waals surface area contributed by atoms with E-state index in [9.17, 15) is 13.2 Å². The summed E-state index contributed by atoms with van der Waals surface area (Å²) in [5.41, 5.74) is 2.93. The van der Waals surface area contributed by atoms with Gasteiger partial charge in [-0.2, -0.15) is 5.10 Å². The molecule has 1 aliphatic rings. The number of nitrogens with zero attached hydrogens (tertiary/aromatic N) is 2. The fraction of sp³-hybridized carbons (Fsp3) is 0.375. The van der Waals surface area contributed by atoms with E-state index >= 15 is 0 Å². The van der Waals surface area contributed by atoms with E-state index in [-0.39, 0.29) is 23.6 Å². The number of benzene rings is 1. The molecule has 0 bridgehead atoms. The Morgan fingerprint density at radius 2 is 2.08 bits per heavy atom. The molecule has 2 heterocycles. The Labute approximate surface area is 141 Å². The minimum atomic E-state index is -3.00. The van der Waals surface area contributed by atoms with Crippen molar-refractivity contribution >= 4 is 15.9 Å². The molecule has 8 heteroatoms. The van der Waals surface area contributed by atoms with Gasteiger partial charge in [-0.15, -0.1) is 0 Å². The number of hydrogen-bond acceptors (Lipinski definition) is 4. The van der Waals surface area contributed by atoms with Crippen LogP contribution in [0.4, 0.5) is 4.79 Å². The van der Waals surface area contributed by atoms with E-state index in [0.29, 0.717) is 13.0 Å². The average molecular weight is 348 g/mol. The lowest BCUT2D eigenvalue weighted by molar-refractivity contribution is 0.194. The van der Waals surface area contributed by atoms with Crippen LogP contribution in [0.2, 0.25) is 0 Å². The molecule has 1 unspecified atom stereocenters. The van der Waals surface area contributed by atoms with Crippen molar-refractivity contribution in [1.29, 1.82) is 0 Å². The number of carbonyl (C=O) groups is 1. The Bertz CT molecular complexity index is 800. The maximum absolute atomic E-state index is 12.2. The van der Waals surface area contributed by atoms with Crippen molar-refractivity contribution in [2.24, 2.45) is 0 Å². The fourth-order valence-electron chi connectivity index (χ4n) is 2.77. The van der Waals surface area contributed by atoms with Gasteiger partial charge in [-0.3, -0.25) is 5.10 Å². The molecule has 0 radical (unpaired) electrons. The van der Waals surface area contributed by atoms with Crippen LogP contribution in [0.15, 0.2) is 36.5 Å². The number of sulfone groups is 1. The van der Waals surface area contributed by atoms with Crippen molar-refractivity contribution in [2.45, 2.75) is 19.0 Å². The zero-order valence-corrected chi connectivity index (χ0v) is 14.2. The van der Waals surface area contributed by atoms with Crippen LogP contribution in [-0.4, -0.2) is 54.1 Å². The largest absolute Gasteiger partial charge is 0.334 e. The summed E-state index contributed by atoms with van der Waals surface area (Å²) in [7, 11) is -1.36. The van der Waals surface area contributed by atoms with Crippen LogP contribution in [0, 0.1) is 0 Å². The van der Waals surface area contributed by atoms with Crippen LogP contribution in [0.25, 0.3) is 11.3 Å². The van der Waals surface area contributed by atoms with Gasteiger partial charge < -0.3 is 10.2 Å². The van der Waals surface area contributed by atoms with Crippen LogP contribution >= 0.6 is 0 Å². The third kappa shape index (κ3) is 3.76. The molecule has 24 heavy (non-hydrogen) atoms. The van der Waals surface area contributed by atoms with E-state index in [1.807, 2.05) is 30.3 Å². The highest BCUT2D eigenvalue weighted by Gasteiger charge is 2.32. The summed E-state index contributed by atoms with van der Waals surface area (Å²) in [6.07, 6.45) is 2.20. The molecule has 1 aliphatic heterocycles. The molecule has 2 N–H and O–H groups in total. The summed E-state index contributed by atoms with van der Waals surface area (Å²) in [6.45, 7) is 0.395. The smallest absolute Gasteiger partial charge is 0.317 e. The van der Waals surface area contributed by atoms with Crippen LogP contribution in [0.5, 0.6) is 0 Å². The Kier molecular flexibility index (Phi) is 4.57. The lowest BCUT2D eigenvalue weighted by Crippen LogP contribution is -2.43. The van der Waals surface area contributed by atoms with Crippen LogP contribution in [0.3, 0.4) is 0 Å². The topological polar surface area (TPSA) is 95.2 Å². The van der Waals surface area contributed by atoms with Crippen molar-refractivity contribution in [3.63, 3.8) is 0 Å². The second-order valence-corrected chi connectivity index (χ2v) is 8.22. The van der Waals surface area contributed by atoms with E-state index in [1.54, 1.807) is 13.2 Å². The summed E-state index contributed by atoms with van der Waals surface area (Å²) in [5, 5.41) is 9.65. The Hall–Kier alpha value is -2.35. The second kappa shape index (κ2) is 6.64. The monoisotopic (exact) mass is 348 g/mol. The lowest BCUT2D eigenvalue weighted by Gasteiger charge is -2.23. The Morgan fingerprint density at radius 3 is 2.67 bits per heavy atom. The predicted molar refractivity (Wildman–Crippen MR) is 91.1 cm³/mol. The van der Waals surface area contributed by atoms with Gasteiger partial charge in [0.05, 0.1) is 17.2 Å². The third-order valence-corrected chi connectivity index (χ3v) is 6.04. The molecule has 2 aromatic rings. The molecule has 7 nitrogen and oxygen atoms in total. The minimum absolute atomic E-state index is 0.0514. The number of rotatable bonds is 4. The number of H-pyrrole nitrogens is 1. The maximum Gasteiger partial charge on any atom is 0.317 e. The fourth-order valence-corrected chi connectivity index (χ4v) is 4.54. The Balaban J connectivity index is 1.54. The first kappa shape index (κ1) is 16.5.